The minimum atomic E-state index is -0.119. The Hall–Kier alpha value is -4.22. The third-order valence-corrected chi connectivity index (χ3v) is 6.04. The van der Waals surface area contributed by atoms with Gasteiger partial charge in [-0.2, -0.15) is 5.10 Å². The molecule has 0 aromatic heterocycles. The van der Waals surface area contributed by atoms with Crippen molar-refractivity contribution in [2.75, 3.05) is 10.3 Å². The van der Waals surface area contributed by atoms with Crippen LogP contribution >= 0.6 is 0 Å². The highest BCUT2D eigenvalue weighted by molar-refractivity contribution is 6.04. The average molecular weight is 447 g/mol. The van der Waals surface area contributed by atoms with Crippen molar-refractivity contribution in [1.82, 2.24) is 0 Å². The van der Waals surface area contributed by atoms with Gasteiger partial charge in [0.25, 0.3) is 5.91 Å². The molecule has 1 heterocycles. The molecule has 1 aliphatic heterocycles. The van der Waals surface area contributed by atoms with Crippen LogP contribution in [-0.4, -0.2) is 11.6 Å². The number of rotatable bonds is 6. The predicted molar refractivity (Wildman–Crippen MR) is 138 cm³/mol. The Kier molecular flexibility index (Phi) is 6.19. The third kappa shape index (κ3) is 4.60. The summed E-state index contributed by atoms with van der Waals surface area (Å²) in [5.41, 5.74) is 12.6. The molecule has 0 spiro atoms. The molecule has 0 saturated carbocycles. The van der Waals surface area contributed by atoms with Crippen molar-refractivity contribution >= 4 is 23.0 Å². The standard InChI is InChI=1S/C29H26N4O/c30-20-21-11-13-22(14-12-21)27-19-28(33(32-27)26-9-5-2-6-10-26)23-15-17-25(18-16-23)31-29(34)24-7-3-1-4-8-24/h1-18,28H,19-20,30H2,(H,31,34). The number of nitrogens with zero attached hydrogens (tertiary/aromatic N) is 2. The van der Waals surface area contributed by atoms with Crippen LogP contribution in [0.3, 0.4) is 0 Å². The summed E-state index contributed by atoms with van der Waals surface area (Å²) in [5.74, 6) is -0.119. The van der Waals surface area contributed by atoms with Gasteiger partial charge in [0.15, 0.2) is 0 Å². The van der Waals surface area contributed by atoms with Crippen LogP contribution in [-0.2, 0) is 6.54 Å². The van der Waals surface area contributed by atoms with Crippen LogP contribution in [0.15, 0.2) is 114 Å². The normalized spacial score (nSPS) is 15.1. The number of benzene rings is 4. The lowest BCUT2D eigenvalue weighted by Gasteiger charge is -2.24. The molecule has 0 bridgehead atoms. The number of nitrogens with two attached hydrogens (primary N) is 1. The lowest BCUT2D eigenvalue weighted by atomic mass is 9.97. The van der Waals surface area contributed by atoms with Crippen LogP contribution in [0, 0.1) is 0 Å². The van der Waals surface area contributed by atoms with Gasteiger partial charge in [-0.05, 0) is 53.1 Å². The van der Waals surface area contributed by atoms with E-state index < -0.39 is 0 Å². The van der Waals surface area contributed by atoms with E-state index in [9.17, 15) is 4.79 Å². The van der Waals surface area contributed by atoms with E-state index in [0.717, 1.165) is 40.2 Å². The molecule has 5 rings (SSSR count). The summed E-state index contributed by atoms with van der Waals surface area (Å²) in [6.07, 6.45) is 0.784. The monoisotopic (exact) mass is 446 g/mol. The number of anilines is 2. The Morgan fingerprint density at radius 3 is 2.15 bits per heavy atom. The molecule has 3 N–H and O–H groups in total. The first-order valence-corrected chi connectivity index (χ1v) is 11.4. The molecule has 5 nitrogen and oxygen atoms in total. The van der Waals surface area contributed by atoms with Crippen LogP contribution in [0.5, 0.6) is 0 Å². The second kappa shape index (κ2) is 9.73. The fraction of sp³-hybridized carbons (Fsp3) is 0.103. The molecule has 1 amide bonds. The summed E-state index contributed by atoms with van der Waals surface area (Å²) in [6.45, 7) is 0.526. The number of carbonyl (C=O) groups excluding carboxylic acids is 1. The Balaban J connectivity index is 1.39. The van der Waals surface area contributed by atoms with Crippen molar-refractivity contribution in [3.8, 4) is 0 Å². The van der Waals surface area contributed by atoms with Crippen molar-refractivity contribution in [2.45, 2.75) is 19.0 Å². The van der Waals surface area contributed by atoms with Gasteiger partial charge in [0.05, 0.1) is 17.4 Å². The largest absolute Gasteiger partial charge is 0.326 e. The molecule has 5 heteroatoms. The first-order chi connectivity index (χ1) is 16.7. The van der Waals surface area contributed by atoms with Gasteiger partial charge in [0.1, 0.15) is 0 Å². The second-order valence-corrected chi connectivity index (χ2v) is 8.29. The highest BCUT2D eigenvalue weighted by Gasteiger charge is 2.29. The molecule has 1 aliphatic rings. The van der Waals surface area contributed by atoms with Gasteiger partial charge in [-0.1, -0.05) is 72.8 Å². The highest BCUT2D eigenvalue weighted by Crippen LogP contribution is 2.37. The number of carbonyl (C=O) groups is 1. The van der Waals surface area contributed by atoms with Crippen LogP contribution in [0.2, 0.25) is 0 Å². The van der Waals surface area contributed by atoms with Gasteiger partial charge in [0, 0.05) is 24.2 Å². The number of hydrogen-bond donors (Lipinski definition) is 2. The number of amides is 1. The number of hydrazone groups is 1. The van der Waals surface area contributed by atoms with Crippen molar-refractivity contribution in [3.63, 3.8) is 0 Å². The fourth-order valence-electron chi connectivity index (χ4n) is 4.18. The molecule has 0 saturated heterocycles. The van der Waals surface area contributed by atoms with E-state index in [0.29, 0.717) is 12.1 Å². The summed E-state index contributed by atoms with van der Waals surface area (Å²) in [4.78, 5) is 12.5. The molecular weight excluding hydrogens is 420 g/mol. The number of nitrogens with one attached hydrogen (secondary N) is 1. The lowest BCUT2D eigenvalue weighted by molar-refractivity contribution is 0.102. The molecule has 4 aromatic carbocycles. The van der Waals surface area contributed by atoms with E-state index in [-0.39, 0.29) is 11.9 Å². The summed E-state index contributed by atoms with van der Waals surface area (Å²) in [6, 6.07) is 35.8. The van der Waals surface area contributed by atoms with Crippen molar-refractivity contribution in [2.24, 2.45) is 10.8 Å². The Morgan fingerprint density at radius 2 is 1.50 bits per heavy atom. The molecule has 4 aromatic rings. The lowest BCUT2D eigenvalue weighted by Crippen LogP contribution is -2.18. The van der Waals surface area contributed by atoms with E-state index in [4.69, 9.17) is 10.8 Å². The summed E-state index contributed by atoms with van der Waals surface area (Å²) < 4.78 is 0. The summed E-state index contributed by atoms with van der Waals surface area (Å²) in [7, 11) is 0. The van der Waals surface area contributed by atoms with Crippen molar-refractivity contribution < 1.29 is 4.79 Å². The predicted octanol–water partition coefficient (Wildman–Crippen LogP) is 5.75. The topological polar surface area (TPSA) is 70.7 Å². The Bertz CT molecular complexity index is 1280. The van der Waals surface area contributed by atoms with Gasteiger partial charge < -0.3 is 11.1 Å². The molecule has 0 radical (unpaired) electrons. The summed E-state index contributed by atoms with van der Waals surface area (Å²) >= 11 is 0. The van der Waals surface area contributed by atoms with Gasteiger partial charge in [0.2, 0.25) is 0 Å². The molecule has 1 atom stereocenters. The van der Waals surface area contributed by atoms with Crippen LogP contribution in [0.25, 0.3) is 0 Å². The molecule has 34 heavy (non-hydrogen) atoms. The Labute approximate surface area is 199 Å². The van der Waals surface area contributed by atoms with Crippen molar-refractivity contribution in [3.05, 3.63) is 131 Å². The number of hydrogen-bond acceptors (Lipinski definition) is 4. The molecule has 0 fully saturated rings. The first kappa shape index (κ1) is 21.6. The highest BCUT2D eigenvalue weighted by atomic mass is 16.1. The molecular formula is C29H26N4O. The van der Waals surface area contributed by atoms with E-state index in [1.165, 1.54) is 0 Å². The zero-order valence-electron chi connectivity index (χ0n) is 18.8. The van der Waals surface area contributed by atoms with Gasteiger partial charge in [-0.3, -0.25) is 9.80 Å². The van der Waals surface area contributed by atoms with Gasteiger partial charge >= 0.3 is 0 Å². The zero-order valence-corrected chi connectivity index (χ0v) is 18.8. The van der Waals surface area contributed by atoms with E-state index in [1.807, 2.05) is 48.5 Å². The summed E-state index contributed by atoms with van der Waals surface area (Å²) in [5, 5.41) is 10.1. The maximum atomic E-state index is 12.5. The molecule has 1 unspecified atom stereocenters. The minimum absolute atomic E-state index is 0.0606. The molecule has 168 valence electrons. The maximum Gasteiger partial charge on any atom is 0.255 e. The minimum Gasteiger partial charge on any atom is -0.326 e. The Morgan fingerprint density at radius 1 is 0.853 bits per heavy atom. The van der Waals surface area contributed by atoms with Crippen LogP contribution < -0.4 is 16.1 Å². The molecule has 0 aliphatic carbocycles. The van der Waals surface area contributed by atoms with Gasteiger partial charge in [-0.25, -0.2) is 0 Å². The fourth-order valence-corrected chi connectivity index (χ4v) is 4.18. The smallest absolute Gasteiger partial charge is 0.255 e. The van der Waals surface area contributed by atoms with E-state index in [1.54, 1.807) is 12.1 Å². The maximum absolute atomic E-state index is 12.5. The van der Waals surface area contributed by atoms with Crippen molar-refractivity contribution in [1.29, 1.82) is 0 Å². The van der Waals surface area contributed by atoms with E-state index >= 15 is 0 Å². The van der Waals surface area contributed by atoms with Gasteiger partial charge in [-0.15, -0.1) is 0 Å². The quantitative estimate of drug-likeness (QED) is 0.396. The van der Waals surface area contributed by atoms with Crippen LogP contribution in [0.4, 0.5) is 11.4 Å². The second-order valence-electron chi connectivity index (χ2n) is 8.29. The van der Waals surface area contributed by atoms with E-state index in [2.05, 4.69) is 58.9 Å². The van der Waals surface area contributed by atoms with Crippen LogP contribution in [0.1, 0.15) is 39.5 Å². The third-order valence-electron chi connectivity index (χ3n) is 6.04. The average Bonchev–Trinajstić information content (AvgIpc) is 3.36. The SMILES string of the molecule is NCc1ccc(C2=NN(c3ccccc3)C(c3ccc(NC(=O)c4ccccc4)cc3)C2)cc1. The zero-order chi connectivity index (χ0) is 23.3. The number of para-hydroxylation sites is 1. The first-order valence-electron chi connectivity index (χ1n) is 11.4.